The molecule has 2 N–H and O–H groups in total. The van der Waals surface area contributed by atoms with Crippen molar-refractivity contribution in [3.63, 3.8) is 0 Å². The number of methoxy groups -OCH3 is 1. The normalized spacial score (nSPS) is 28.6. The summed E-state index contributed by atoms with van der Waals surface area (Å²) in [4.78, 5) is 25.4. The lowest BCUT2D eigenvalue weighted by Gasteiger charge is -2.43. The number of hydrogen-bond donors (Lipinski definition) is 1. The number of carbonyl (C=O) groups excluding carboxylic acids is 2. The Morgan fingerprint density at radius 3 is 2.48 bits per heavy atom. The van der Waals surface area contributed by atoms with Gasteiger partial charge in [0.05, 0.1) is 5.60 Å². The Balaban J connectivity index is 1.96. The zero-order valence-corrected chi connectivity index (χ0v) is 13.7. The second-order valence-electron chi connectivity index (χ2n) is 6.85. The van der Waals surface area contributed by atoms with Gasteiger partial charge >= 0.3 is 0 Å². The first kappa shape index (κ1) is 18.1. The molecular weight excluding hydrogens is 306 g/mol. The van der Waals surface area contributed by atoms with Crippen LogP contribution in [-0.4, -0.2) is 48.4 Å². The third-order valence-corrected chi connectivity index (χ3v) is 5.18. The van der Waals surface area contributed by atoms with Gasteiger partial charge in [0.1, 0.15) is 0 Å². The largest absolute Gasteiger partial charge is 0.376 e. The Morgan fingerprint density at radius 2 is 1.91 bits per heavy atom. The fraction of sp³-hybridized carbons (Fsp3) is 0.875. The van der Waals surface area contributed by atoms with Gasteiger partial charge in [-0.25, -0.2) is 8.78 Å². The second-order valence-corrected chi connectivity index (χ2v) is 6.85. The number of nitrogens with zero attached hydrogens (tertiary/aromatic N) is 1. The van der Waals surface area contributed by atoms with E-state index in [4.69, 9.17) is 10.5 Å². The van der Waals surface area contributed by atoms with Crippen molar-refractivity contribution in [3.05, 3.63) is 0 Å². The molecule has 1 aliphatic carbocycles. The molecule has 5 nitrogen and oxygen atoms in total. The van der Waals surface area contributed by atoms with Crippen LogP contribution in [0.15, 0.2) is 0 Å². The summed E-state index contributed by atoms with van der Waals surface area (Å²) in [7, 11) is 1.58. The lowest BCUT2D eigenvalue weighted by atomic mass is 9.83. The van der Waals surface area contributed by atoms with Crippen LogP contribution in [0.5, 0.6) is 0 Å². The number of nitrogens with two attached hydrogens (primary N) is 1. The number of alkyl halides is 2. The number of hydrogen-bond acceptors (Lipinski definition) is 3. The van der Waals surface area contributed by atoms with Crippen LogP contribution in [0.2, 0.25) is 0 Å². The molecule has 1 heterocycles. The molecule has 23 heavy (non-hydrogen) atoms. The Kier molecular flexibility index (Phi) is 5.60. The third-order valence-electron chi connectivity index (χ3n) is 5.18. The highest BCUT2D eigenvalue weighted by Crippen LogP contribution is 2.38. The zero-order chi connectivity index (χ0) is 17.1. The average Bonchev–Trinajstić information content (AvgIpc) is 2.52. The van der Waals surface area contributed by atoms with Crippen LogP contribution in [0.1, 0.15) is 51.4 Å². The van der Waals surface area contributed by atoms with Gasteiger partial charge in [0, 0.05) is 45.4 Å². The molecule has 0 radical (unpaired) electrons. The number of piperidine rings is 1. The van der Waals surface area contributed by atoms with Gasteiger partial charge in [-0.05, 0) is 32.1 Å². The van der Waals surface area contributed by atoms with Crippen molar-refractivity contribution in [1.29, 1.82) is 0 Å². The molecule has 0 aromatic heterocycles. The quantitative estimate of drug-likeness (QED) is 0.838. The first-order valence-electron chi connectivity index (χ1n) is 8.27. The molecular formula is C16H26F2N2O3. The molecule has 1 saturated heterocycles. The summed E-state index contributed by atoms with van der Waals surface area (Å²) in [6.45, 7) is 1.02. The first-order chi connectivity index (χ1) is 10.8. The van der Waals surface area contributed by atoms with E-state index >= 15 is 0 Å². The predicted molar refractivity (Wildman–Crippen MR) is 80.9 cm³/mol. The first-order valence-corrected chi connectivity index (χ1v) is 8.27. The summed E-state index contributed by atoms with van der Waals surface area (Å²) in [5, 5.41) is 0. The molecule has 0 unspecified atom stereocenters. The highest BCUT2D eigenvalue weighted by atomic mass is 19.3. The van der Waals surface area contributed by atoms with Crippen molar-refractivity contribution in [1.82, 2.24) is 4.90 Å². The highest BCUT2D eigenvalue weighted by molar-refractivity contribution is 5.79. The molecule has 2 rings (SSSR count). The van der Waals surface area contributed by atoms with Gasteiger partial charge in [-0.1, -0.05) is 0 Å². The van der Waals surface area contributed by atoms with Gasteiger partial charge in [-0.3, -0.25) is 9.59 Å². The fourth-order valence-electron chi connectivity index (χ4n) is 3.66. The lowest BCUT2D eigenvalue weighted by Crippen LogP contribution is -2.53. The number of likely N-dealkylation sites (tertiary alicyclic amines) is 1. The molecule has 2 fully saturated rings. The Labute approximate surface area is 135 Å². The maximum absolute atomic E-state index is 13.2. The van der Waals surface area contributed by atoms with E-state index in [9.17, 15) is 18.4 Å². The smallest absolute Gasteiger partial charge is 0.248 e. The van der Waals surface area contributed by atoms with E-state index in [2.05, 4.69) is 0 Å². The lowest BCUT2D eigenvalue weighted by molar-refractivity contribution is -0.149. The van der Waals surface area contributed by atoms with Crippen molar-refractivity contribution >= 4 is 11.8 Å². The Bertz CT molecular complexity index is 449. The number of rotatable bonds is 5. The summed E-state index contributed by atoms with van der Waals surface area (Å²) in [6.07, 6.45) is 2.29. The van der Waals surface area contributed by atoms with Gasteiger partial charge < -0.3 is 15.4 Å². The minimum absolute atomic E-state index is 0.0549. The fourth-order valence-corrected chi connectivity index (χ4v) is 3.66. The van der Waals surface area contributed by atoms with Crippen LogP contribution in [-0.2, 0) is 14.3 Å². The molecule has 2 aliphatic rings. The van der Waals surface area contributed by atoms with Gasteiger partial charge in [0.2, 0.25) is 17.7 Å². The van der Waals surface area contributed by atoms with Crippen molar-refractivity contribution in [2.45, 2.75) is 62.9 Å². The maximum atomic E-state index is 13.2. The number of amides is 2. The standard InChI is InChI=1S/C16H26F2N2O3/c1-23-15(7-5-13(19)21)6-2-10-20(11-15)14(22)12-3-8-16(17,18)9-4-12/h12H,2-11H2,1H3,(H2,19,21)/t15-/m0/s1. The zero-order valence-electron chi connectivity index (χ0n) is 13.7. The monoisotopic (exact) mass is 332 g/mol. The number of halogens is 2. The van der Waals surface area contributed by atoms with Crippen molar-refractivity contribution < 1.29 is 23.1 Å². The van der Waals surface area contributed by atoms with E-state index in [1.807, 2.05) is 0 Å². The minimum atomic E-state index is -2.63. The van der Waals surface area contributed by atoms with Crippen molar-refractivity contribution in [3.8, 4) is 0 Å². The molecule has 2 amide bonds. The average molecular weight is 332 g/mol. The number of primary amides is 1. The van der Waals surface area contributed by atoms with Crippen LogP contribution in [0.25, 0.3) is 0 Å². The Morgan fingerprint density at radius 1 is 1.26 bits per heavy atom. The molecule has 7 heteroatoms. The van der Waals surface area contributed by atoms with Crippen molar-refractivity contribution in [2.24, 2.45) is 11.7 Å². The second kappa shape index (κ2) is 7.11. The molecule has 0 spiro atoms. The molecule has 0 aromatic carbocycles. The molecule has 0 bridgehead atoms. The summed E-state index contributed by atoms with van der Waals surface area (Å²) >= 11 is 0. The van der Waals surface area contributed by atoms with Crippen LogP contribution in [0, 0.1) is 5.92 Å². The van der Waals surface area contributed by atoms with Crippen LogP contribution in [0.4, 0.5) is 8.78 Å². The van der Waals surface area contributed by atoms with E-state index < -0.39 is 11.5 Å². The topological polar surface area (TPSA) is 72.6 Å². The third kappa shape index (κ3) is 4.62. The summed E-state index contributed by atoms with van der Waals surface area (Å²) in [5.74, 6) is -3.39. The van der Waals surface area contributed by atoms with Gasteiger partial charge in [0.25, 0.3) is 0 Å². The number of ether oxygens (including phenoxy) is 1. The molecule has 0 aromatic rings. The minimum Gasteiger partial charge on any atom is -0.376 e. The molecule has 132 valence electrons. The van der Waals surface area contributed by atoms with E-state index in [-0.39, 0.29) is 49.8 Å². The molecule has 1 aliphatic heterocycles. The van der Waals surface area contributed by atoms with Crippen molar-refractivity contribution in [2.75, 3.05) is 20.2 Å². The van der Waals surface area contributed by atoms with Gasteiger partial charge in [-0.15, -0.1) is 0 Å². The van der Waals surface area contributed by atoms with Gasteiger partial charge in [0.15, 0.2) is 0 Å². The highest BCUT2D eigenvalue weighted by Gasteiger charge is 2.42. The van der Waals surface area contributed by atoms with E-state index in [1.165, 1.54) is 0 Å². The SMILES string of the molecule is CO[C@]1(CCC(N)=O)CCCN(C(=O)C2CCC(F)(F)CC2)C1. The number of carbonyl (C=O) groups is 2. The summed E-state index contributed by atoms with van der Waals surface area (Å²) in [6, 6.07) is 0. The Hall–Kier alpha value is -1.24. The molecule has 1 atom stereocenters. The summed E-state index contributed by atoms with van der Waals surface area (Å²) in [5.41, 5.74) is 4.66. The summed E-state index contributed by atoms with van der Waals surface area (Å²) < 4.78 is 32.1. The maximum Gasteiger partial charge on any atom is 0.248 e. The predicted octanol–water partition coefficient (Wildman–Crippen LogP) is 2.08. The van der Waals surface area contributed by atoms with Gasteiger partial charge in [-0.2, -0.15) is 0 Å². The van der Waals surface area contributed by atoms with E-state index in [0.717, 1.165) is 12.8 Å². The molecule has 1 saturated carbocycles. The van der Waals surface area contributed by atoms with E-state index in [0.29, 0.717) is 19.5 Å². The van der Waals surface area contributed by atoms with E-state index in [1.54, 1.807) is 12.0 Å². The van der Waals surface area contributed by atoms with Crippen LogP contribution >= 0.6 is 0 Å². The van der Waals surface area contributed by atoms with Crippen LogP contribution in [0.3, 0.4) is 0 Å². The van der Waals surface area contributed by atoms with Crippen LogP contribution < -0.4 is 5.73 Å².